The van der Waals surface area contributed by atoms with E-state index in [-0.39, 0.29) is 23.7 Å². The smallest absolute Gasteiger partial charge is 0.305 e. The van der Waals surface area contributed by atoms with Crippen LogP contribution in [0.15, 0.2) is 18.2 Å². The second kappa shape index (κ2) is 4.82. The molecule has 1 aromatic rings. The second-order valence-electron chi connectivity index (χ2n) is 5.09. The van der Waals surface area contributed by atoms with Crippen LogP contribution < -0.4 is 0 Å². The molecule has 0 aromatic heterocycles. The predicted molar refractivity (Wildman–Crippen MR) is 66.9 cm³/mol. The molecule has 3 rings (SSSR count). The van der Waals surface area contributed by atoms with Crippen molar-refractivity contribution >= 4 is 11.6 Å². The summed E-state index contributed by atoms with van der Waals surface area (Å²) < 4.78 is 18.9. The number of morpholine rings is 1. The van der Waals surface area contributed by atoms with Crippen molar-refractivity contribution in [1.29, 1.82) is 0 Å². The molecule has 0 N–H and O–H groups in total. The van der Waals surface area contributed by atoms with Gasteiger partial charge in [-0.05, 0) is 25.0 Å². The van der Waals surface area contributed by atoms with E-state index in [1.54, 1.807) is 4.90 Å². The van der Waals surface area contributed by atoms with Crippen LogP contribution in [0, 0.1) is 15.9 Å². The summed E-state index contributed by atoms with van der Waals surface area (Å²) in [6.07, 6.45) is 1.96. The lowest BCUT2D eigenvalue weighted by molar-refractivity contribution is -0.387. The van der Waals surface area contributed by atoms with Crippen molar-refractivity contribution in [3.8, 4) is 0 Å². The summed E-state index contributed by atoms with van der Waals surface area (Å²) in [5.41, 5.74) is -0.536. The van der Waals surface area contributed by atoms with Crippen molar-refractivity contribution < 1.29 is 18.8 Å². The van der Waals surface area contributed by atoms with Gasteiger partial charge in [-0.2, -0.15) is 4.39 Å². The summed E-state index contributed by atoms with van der Waals surface area (Å²) in [5, 5.41) is 10.7. The Bertz CT molecular complexity index is 565. The van der Waals surface area contributed by atoms with Gasteiger partial charge in [0.2, 0.25) is 5.82 Å². The van der Waals surface area contributed by atoms with Gasteiger partial charge < -0.3 is 9.64 Å². The fourth-order valence-electron chi connectivity index (χ4n) is 2.75. The highest BCUT2D eigenvalue weighted by molar-refractivity contribution is 5.95. The molecule has 2 fully saturated rings. The van der Waals surface area contributed by atoms with Crippen LogP contribution in [0.4, 0.5) is 10.1 Å². The molecule has 0 saturated carbocycles. The molecular formula is C13H13FN2O4. The minimum atomic E-state index is -0.936. The first-order valence-electron chi connectivity index (χ1n) is 6.43. The van der Waals surface area contributed by atoms with Crippen LogP contribution in [0.2, 0.25) is 0 Å². The number of hydrogen-bond donors (Lipinski definition) is 0. The summed E-state index contributed by atoms with van der Waals surface area (Å²) in [6.45, 7) is 0.973. The highest BCUT2D eigenvalue weighted by Gasteiger charge is 2.36. The molecule has 0 aliphatic carbocycles. The second-order valence-corrected chi connectivity index (χ2v) is 5.09. The topological polar surface area (TPSA) is 72.7 Å². The van der Waals surface area contributed by atoms with Gasteiger partial charge in [0, 0.05) is 24.7 Å². The molecule has 2 bridgehead atoms. The number of amides is 1. The standard InChI is InChI=1S/C13H13FN2O4/c14-11-4-1-8(5-12(11)16(18)19)13(17)15-6-9-2-3-10(7-15)20-9/h1,4-5,9-10H,2-3,6-7H2. The largest absolute Gasteiger partial charge is 0.371 e. The molecule has 106 valence electrons. The fourth-order valence-corrected chi connectivity index (χ4v) is 2.75. The molecule has 2 atom stereocenters. The Labute approximate surface area is 114 Å². The minimum Gasteiger partial charge on any atom is -0.371 e. The van der Waals surface area contributed by atoms with E-state index in [0.29, 0.717) is 13.1 Å². The Balaban J connectivity index is 1.84. The monoisotopic (exact) mass is 280 g/mol. The van der Waals surface area contributed by atoms with E-state index in [2.05, 4.69) is 0 Å². The van der Waals surface area contributed by atoms with E-state index in [1.165, 1.54) is 6.07 Å². The van der Waals surface area contributed by atoms with Gasteiger partial charge in [-0.1, -0.05) is 0 Å². The van der Waals surface area contributed by atoms with Crippen LogP contribution in [0.25, 0.3) is 0 Å². The third-order valence-corrected chi connectivity index (χ3v) is 3.72. The number of nitro benzene ring substituents is 1. The van der Waals surface area contributed by atoms with E-state index >= 15 is 0 Å². The zero-order chi connectivity index (χ0) is 14.3. The van der Waals surface area contributed by atoms with Gasteiger partial charge in [0.25, 0.3) is 5.91 Å². The van der Waals surface area contributed by atoms with E-state index in [0.717, 1.165) is 25.0 Å². The van der Waals surface area contributed by atoms with Gasteiger partial charge in [-0.3, -0.25) is 14.9 Å². The molecule has 1 aromatic carbocycles. The van der Waals surface area contributed by atoms with Crippen LogP contribution in [0.5, 0.6) is 0 Å². The highest BCUT2D eigenvalue weighted by atomic mass is 19.1. The van der Waals surface area contributed by atoms with Crippen LogP contribution in [-0.2, 0) is 4.74 Å². The lowest BCUT2D eigenvalue weighted by Crippen LogP contribution is -2.45. The number of ether oxygens (including phenoxy) is 1. The molecule has 7 heteroatoms. The molecule has 2 unspecified atom stereocenters. The number of nitrogens with zero attached hydrogens (tertiary/aromatic N) is 2. The maximum atomic E-state index is 13.3. The summed E-state index contributed by atoms with van der Waals surface area (Å²) in [6, 6.07) is 3.23. The predicted octanol–water partition coefficient (Wildman–Crippen LogP) is 1.74. The molecule has 0 spiro atoms. The van der Waals surface area contributed by atoms with Gasteiger partial charge in [-0.15, -0.1) is 0 Å². The Morgan fingerprint density at radius 1 is 1.35 bits per heavy atom. The summed E-state index contributed by atoms with van der Waals surface area (Å²) in [5.74, 6) is -1.25. The Morgan fingerprint density at radius 2 is 2.00 bits per heavy atom. The van der Waals surface area contributed by atoms with Crippen LogP contribution in [-0.4, -0.2) is 41.0 Å². The molecule has 1 amide bonds. The van der Waals surface area contributed by atoms with Crippen molar-refractivity contribution in [3.63, 3.8) is 0 Å². The van der Waals surface area contributed by atoms with Gasteiger partial charge in [0.1, 0.15) is 0 Å². The number of nitro groups is 1. The third-order valence-electron chi connectivity index (χ3n) is 3.72. The summed E-state index contributed by atoms with van der Waals surface area (Å²) in [4.78, 5) is 23.8. The molecule has 20 heavy (non-hydrogen) atoms. The normalized spacial score (nSPS) is 24.8. The maximum absolute atomic E-state index is 13.3. The van der Waals surface area contributed by atoms with Crippen molar-refractivity contribution in [2.24, 2.45) is 0 Å². The van der Waals surface area contributed by atoms with E-state index in [4.69, 9.17) is 4.74 Å². The van der Waals surface area contributed by atoms with Gasteiger partial charge in [-0.25, -0.2) is 0 Å². The van der Waals surface area contributed by atoms with Crippen molar-refractivity contribution in [3.05, 3.63) is 39.7 Å². The maximum Gasteiger partial charge on any atom is 0.305 e. The molecule has 6 nitrogen and oxygen atoms in total. The number of rotatable bonds is 2. The first-order chi connectivity index (χ1) is 9.54. The fraction of sp³-hybridized carbons (Fsp3) is 0.462. The lowest BCUT2D eigenvalue weighted by Gasteiger charge is -2.32. The van der Waals surface area contributed by atoms with Gasteiger partial charge >= 0.3 is 5.69 Å². The summed E-state index contributed by atoms with van der Waals surface area (Å²) in [7, 11) is 0. The number of fused-ring (bicyclic) bond motifs is 2. The van der Waals surface area contributed by atoms with Crippen molar-refractivity contribution in [2.75, 3.05) is 13.1 Å². The zero-order valence-electron chi connectivity index (χ0n) is 10.6. The Morgan fingerprint density at radius 3 is 2.60 bits per heavy atom. The number of carbonyl (C=O) groups is 1. The summed E-state index contributed by atoms with van der Waals surface area (Å²) >= 11 is 0. The Hall–Kier alpha value is -2.02. The van der Waals surface area contributed by atoms with Crippen LogP contribution in [0.1, 0.15) is 23.2 Å². The number of carbonyl (C=O) groups excluding carboxylic acids is 1. The van der Waals surface area contributed by atoms with E-state index in [9.17, 15) is 19.3 Å². The Kier molecular flexibility index (Phi) is 3.13. The number of hydrogen-bond acceptors (Lipinski definition) is 4. The minimum absolute atomic E-state index is 0.0492. The number of likely N-dealkylation sites (tertiary alicyclic amines) is 1. The molecule has 2 heterocycles. The average Bonchev–Trinajstić information content (AvgIpc) is 2.77. The molecule has 2 aliphatic rings. The van der Waals surface area contributed by atoms with Crippen LogP contribution >= 0.6 is 0 Å². The third kappa shape index (κ3) is 2.24. The lowest BCUT2D eigenvalue weighted by atomic mass is 10.1. The molecule has 2 aliphatic heterocycles. The average molecular weight is 280 g/mol. The van der Waals surface area contributed by atoms with E-state index < -0.39 is 16.4 Å². The van der Waals surface area contributed by atoms with Crippen molar-refractivity contribution in [2.45, 2.75) is 25.0 Å². The number of halogens is 1. The number of benzene rings is 1. The zero-order valence-corrected chi connectivity index (χ0v) is 10.6. The van der Waals surface area contributed by atoms with Crippen molar-refractivity contribution in [1.82, 2.24) is 4.90 Å². The molecule has 2 saturated heterocycles. The quantitative estimate of drug-likeness (QED) is 0.611. The highest BCUT2D eigenvalue weighted by Crippen LogP contribution is 2.28. The van der Waals surface area contributed by atoms with Gasteiger partial charge in [0.05, 0.1) is 17.1 Å². The first kappa shape index (κ1) is 13.0. The SMILES string of the molecule is O=C(c1ccc(F)c([N+](=O)[O-])c1)N1CC2CCC(C1)O2. The van der Waals surface area contributed by atoms with E-state index in [1.807, 2.05) is 0 Å². The van der Waals surface area contributed by atoms with Crippen LogP contribution in [0.3, 0.4) is 0 Å². The first-order valence-corrected chi connectivity index (χ1v) is 6.43. The molecule has 0 radical (unpaired) electrons. The van der Waals surface area contributed by atoms with Gasteiger partial charge in [0.15, 0.2) is 0 Å². The molecular weight excluding hydrogens is 267 g/mol.